The first kappa shape index (κ1) is 23.3. The Morgan fingerprint density at radius 2 is 0.972 bits per heavy atom. The first-order valence-electron chi connectivity index (χ1n) is 13.1. The van der Waals surface area contributed by atoms with Crippen LogP contribution in [-0.2, 0) is 4.52 Å². The van der Waals surface area contributed by atoms with Crippen LogP contribution in [0.4, 0.5) is 0 Å². The second-order valence-electron chi connectivity index (χ2n) is 11.4. The second kappa shape index (κ2) is 7.38. The molecule has 0 N–H and O–H groups in total. The molecule has 4 aliphatic rings. The quantitative estimate of drug-likeness (QED) is 0.211. The summed E-state index contributed by atoms with van der Waals surface area (Å²) in [4.78, 5) is 0. The Morgan fingerprint density at radius 3 is 1.36 bits per heavy atom. The minimum atomic E-state index is -3.14. The van der Waals surface area contributed by atoms with E-state index in [1.165, 1.54) is 38.9 Å². The van der Waals surface area contributed by atoms with Crippen molar-refractivity contribution in [2.75, 3.05) is 0 Å². The fraction of sp³-hybridized carbons (Fsp3) is 0.273. The molecular weight excluding hydrogens is 652 g/mol. The van der Waals surface area contributed by atoms with Crippen LogP contribution in [0.3, 0.4) is 0 Å². The van der Waals surface area contributed by atoms with E-state index in [0.717, 1.165) is 0 Å². The van der Waals surface area contributed by atoms with Crippen LogP contribution < -0.4 is 25.7 Å². The number of hydrogen-bond acceptors (Lipinski definition) is 1. The van der Waals surface area contributed by atoms with E-state index in [2.05, 4.69) is 115 Å². The van der Waals surface area contributed by atoms with Crippen LogP contribution in [0.2, 0.25) is 0 Å². The van der Waals surface area contributed by atoms with Gasteiger partial charge in [0.05, 0.1) is 0 Å². The van der Waals surface area contributed by atoms with Crippen molar-refractivity contribution >= 4 is 54.3 Å². The van der Waals surface area contributed by atoms with Crippen LogP contribution in [0.1, 0.15) is 52.0 Å². The van der Waals surface area contributed by atoms with Crippen LogP contribution >= 0.6 is 6.83 Å². The van der Waals surface area contributed by atoms with Gasteiger partial charge in [0.25, 0.3) is 0 Å². The first-order valence-corrected chi connectivity index (χ1v) is 20.5. The van der Waals surface area contributed by atoms with Gasteiger partial charge in [-0.05, 0) is 0 Å². The van der Waals surface area contributed by atoms with Crippen molar-refractivity contribution in [3.8, 4) is 0 Å². The summed E-state index contributed by atoms with van der Waals surface area (Å²) in [6.07, 6.45) is 0.117. The Kier molecular flexibility index (Phi) is 4.77. The van der Waals surface area contributed by atoms with E-state index >= 15 is 0 Å². The Bertz CT molecular complexity index is 1470. The average molecular weight is 687 g/mol. The van der Waals surface area contributed by atoms with E-state index in [9.17, 15) is 0 Å². The normalized spacial score (nSPS) is 23.2. The van der Waals surface area contributed by atoms with Crippen LogP contribution in [0.25, 0.3) is 0 Å². The summed E-state index contributed by atoms with van der Waals surface area (Å²) in [6.45, 7) is 13.2. The van der Waals surface area contributed by atoms with Gasteiger partial charge in [-0.25, -0.2) is 0 Å². The Morgan fingerprint density at radius 1 is 0.583 bits per heavy atom. The molecule has 182 valence electrons. The van der Waals surface area contributed by atoms with Crippen molar-refractivity contribution in [1.29, 1.82) is 0 Å². The van der Waals surface area contributed by atoms with Crippen LogP contribution in [0.15, 0.2) is 66.7 Å². The zero-order valence-corrected chi connectivity index (χ0v) is 26.7. The van der Waals surface area contributed by atoms with Crippen molar-refractivity contribution in [3.05, 3.63) is 106 Å². The summed E-state index contributed by atoms with van der Waals surface area (Å²) >= 11 is -2.50. The summed E-state index contributed by atoms with van der Waals surface area (Å²) in [5, 5.41) is 4.77. The molecule has 36 heavy (non-hydrogen) atoms. The van der Waals surface area contributed by atoms with Crippen molar-refractivity contribution in [2.45, 2.75) is 60.2 Å². The number of aryl methyl sites for hydroxylation is 6. The molecule has 0 aliphatic carbocycles. The third-order valence-electron chi connectivity index (χ3n) is 9.61. The Labute approximate surface area is 223 Å². The fourth-order valence-corrected chi connectivity index (χ4v) is 33.8. The van der Waals surface area contributed by atoms with Gasteiger partial charge in [-0.3, -0.25) is 0 Å². The molecule has 1 spiro atoms. The average Bonchev–Trinajstić information content (AvgIpc) is 2.86. The molecule has 0 aromatic heterocycles. The molecule has 3 heteroatoms. The van der Waals surface area contributed by atoms with E-state index in [4.69, 9.17) is 4.52 Å². The predicted molar refractivity (Wildman–Crippen MR) is 158 cm³/mol. The van der Waals surface area contributed by atoms with Gasteiger partial charge in [0.1, 0.15) is 0 Å². The topological polar surface area (TPSA) is 9.23 Å². The van der Waals surface area contributed by atoms with Gasteiger partial charge >= 0.3 is 225 Å². The molecule has 1 saturated heterocycles. The molecule has 0 unspecified atom stereocenters. The Hall–Kier alpha value is -1.85. The van der Waals surface area contributed by atoms with Gasteiger partial charge in [0.15, 0.2) is 0 Å². The van der Waals surface area contributed by atoms with Crippen molar-refractivity contribution in [2.24, 2.45) is 0 Å². The molecule has 1 fully saturated rings. The summed E-state index contributed by atoms with van der Waals surface area (Å²) in [6, 6.07) is 26.4. The first-order chi connectivity index (χ1) is 17.2. The molecule has 4 heterocycles. The third-order valence-corrected chi connectivity index (χ3v) is 28.2. The van der Waals surface area contributed by atoms with E-state index in [1.54, 1.807) is 25.7 Å². The van der Waals surface area contributed by atoms with Crippen molar-refractivity contribution in [3.63, 3.8) is 0 Å². The van der Waals surface area contributed by atoms with Gasteiger partial charge < -0.3 is 0 Å². The van der Waals surface area contributed by atoms with Gasteiger partial charge in [0.2, 0.25) is 0 Å². The molecule has 2 bridgehead atoms. The molecule has 1 nitrogen and oxygen atoms in total. The predicted octanol–water partition coefficient (Wildman–Crippen LogP) is 4.58. The summed E-state index contributed by atoms with van der Waals surface area (Å²) < 4.78 is 12.8. The molecule has 0 radical (unpaired) electrons. The summed E-state index contributed by atoms with van der Waals surface area (Å²) in [7, 11) is 0. The van der Waals surface area contributed by atoms with Crippen LogP contribution in [0, 0.1) is 41.5 Å². The zero-order valence-electron chi connectivity index (χ0n) is 22.3. The zero-order chi connectivity index (χ0) is 25.2. The number of rotatable bonds is 1. The molecule has 4 aromatic rings. The molecule has 2 atom stereocenters. The maximum atomic E-state index is 7.77. The molecule has 0 amide bonds. The van der Waals surface area contributed by atoms with Crippen molar-refractivity contribution < 1.29 is 4.52 Å². The van der Waals surface area contributed by atoms with E-state index in [-0.39, 0.29) is 6.10 Å². The van der Waals surface area contributed by atoms with Crippen LogP contribution in [0.5, 0.6) is 0 Å². The fourth-order valence-electron chi connectivity index (χ4n) is 7.17. The molecule has 8 rings (SSSR count). The SMILES string of the molecule is Cc1c[c]2c(cc1C)P13(O[C@@H](c4ccccc4)[C@@H]1C)c1cc(C)c(C)c[c]1[Bi]2[c]1cc(C)c(C)cc13. The number of benzene rings is 4. The van der Waals surface area contributed by atoms with Crippen molar-refractivity contribution in [1.82, 2.24) is 0 Å². The number of hydrogen-bond donors (Lipinski definition) is 0. The molecule has 4 aliphatic heterocycles. The van der Waals surface area contributed by atoms with Gasteiger partial charge in [0, 0.05) is 0 Å². The maximum absolute atomic E-state index is 7.77. The van der Waals surface area contributed by atoms with Crippen LogP contribution in [-0.4, -0.2) is 27.4 Å². The van der Waals surface area contributed by atoms with Gasteiger partial charge in [-0.2, -0.15) is 0 Å². The van der Waals surface area contributed by atoms with E-state index in [0.29, 0.717) is 5.66 Å². The van der Waals surface area contributed by atoms with Gasteiger partial charge in [-0.1, -0.05) is 0 Å². The second-order valence-corrected chi connectivity index (χ2v) is 24.3. The van der Waals surface area contributed by atoms with E-state index in [1.807, 2.05) is 0 Å². The summed E-state index contributed by atoms with van der Waals surface area (Å²) in [5.41, 5.74) is 10.2. The molecular formula is C33H34BiOP. The summed E-state index contributed by atoms with van der Waals surface area (Å²) in [5.74, 6) is 0. The Balaban J connectivity index is 1.67. The van der Waals surface area contributed by atoms with Gasteiger partial charge in [-0.15, -0.1) is 0 Å². The third kappa shape index (κ3) is 2.48. The standard InChI is InChI=1S/C33H34OP.Bi/c1-22-13-16-30(19-25(22)4)35(31-17-14-23(2)26(5)20-31,32-18-15-24(3)27(6)21-32)28(7)33(34-35)29-11-9-8-10-12-29;/h8-15,19-21,28,33H,1-7H3;/t28-,33+;/m0./s1. The molecule has 4 aromatic carbocycles. The molecule has 0 saturated carbocycles. The minimum absolute atomic E-state index is 0.117. The van der Waals surface area contributed by atoms with E-state index < -0.39 is 28.6 Å². The monoisotopic (exact) mass is 686 g/mol.